The number of esters is 1. The van der Waals surface area contributed by atoms with Gasteiger partial charge in [-0.25, -0.2) is 4.79 Å². The maximum absolute atomic E-state index is 12.9. The summed E-state index contributed by atoms with van der Waals surface area (Å²) in [5.41, 5.74) is 1.29. The Balaban J connectivity index is 1.44. The lowest BCUT2D eigenvalue weighted by Crippen LogP contribution is -2.39. The van der Waals surface area contributed by atoms with Crippen molar-refractivity contribution in [1.82, 2.24) is 4.90 Å². The van der Waals surface area contributed by atoms with Crippen LogP contribution in [0.3, 0.4) is 0 Å². The number of hydrogen-bond donors (Lipinski definition) is 0. The first-order chi connectivity index (χ1) is 14.7. The fourth-order valence-electron chi connectivity index (χ4n) is 5.64. The Bertz CT molecular complexity index is 1010. The van der Waals surface area contributed by atoms with Gasteiger partial charge in [-0.2, -0.15) is 0 Å². The molecule has 2 atom stereocenters. The molecule has 0 spiro atoms. The second-order valence-corrected chi connectivity index (χ2v) is 10.1. The first-order valence-electron chi connectivity index (χ1n) is 10.8. The normalized spacial score (nSPS) is 24.0. The largest absolute Gasteiger partial charge is 0.452 e. The first kappa shape index (κ1) is 21.3. The molecule has 0 aromatic heterocycles. The molecular formula is C26H29NO4. The third kappa shape index (κ3) is 4.41. The number of nitrogens with zero attached hydrogens (tertiary/aromatic N) is 1. The summed E-state index contributed by atoms with van der Waals surface area (Å²) in [6.45, 7) is 7.16. The zero-order chi connectivity index (χ0) is 22.2. The minimum absolute atomic E-state index is 0.126. The highest BCUT2D eigenvalue weighted by atomic mass is 16.5. The van der Waals surface area contributed by atoms with Crippen LogP contribution in [-0.4, -0.2) is 41.8 Å². The third-order valence-electron chi connectivity index (χ3n) is 6.49. The van der Waals surface area contributed by atoms with Crippen molar-refractivity contribution < 1.29 is 19.1 Å². The van der Waals surface area contributed by atoms with E-state index >= 15 is 0 Å². The van der Waals surface area contributed by atoms with Crippen LogP contribution in [0.15, 0.2) is 54.6 Å². The summed E-state index contributed by atoms with van der Waals surface area (Å²) in [4.78, 5) is 40.4. The maximum atomic E-state index is 12.9. The van der Waals surface area contributed by atoms with Crippen LogP contribution in [0.25, 0.3) is 0 Å². The van der Waals surface area contributed by atoms with Gasteiger partial charge in [0, 0.05) is 23.7 Å². The Morgan fingerprint density at radius 2 is 1.58 bits per heavy atom. The van der Waals surface area contributed by atoms with Crippen LogP contribution in [0.2, 0.25) is 0 Å². The Labute approximate surface area is 183 Å². The predicted molar refractivity (Wildman–Crippen MR) is 118 cm³/mol. The number of ketones is 1. The van der Waals surface area contributed by atoms with Crippen molar-refractivity contribution in [2.75, 3.05) is 13.2 Å². The number of amides is 1. The highest BCUT2D eigenvalue weighted by Gasteiger charge is 2.50. The maximum Gasteiger partial charge on any atom is 0.339 e. The summed E-state index contributed by atoms with van der Waals surface area (Å²) in [6.07, 6.45) is 3.07. The molecule has 5 nitrogen and oxygen atoms in total. The average Bonchev–Trinajstić information content (AvgIpc) is 3.00. The van der Waals surface area contributed by atoms with Crippen LogP contribution in [0.5, 0.6) is 0 Å². The second-order valence-electron chi connectivity index (χ2n) is 10.1. The minimum Gasteiger partial charge on any atom is -0.452 e. The minimum atomic E-state index is -0.651. The highest BCUT2D eigenvalue weighted by molar-refractivity contribution is 6.14. The Morgan fingerprint density at radius 3 is 2.29 bits per heavy atom. The average molecular weight is 420 g/mol. The number of carbonyl (C=O) groups excluding carboxylic acids is 3. The van der Waals surface area contributed by atoms with E-state index in [0.29, 0.717) is 12.1 Å². The molecule has 1 saturated heterocycles. The fourth-order valence-corrected chi connectivity index (χ4v) is 5.64. The lowest BCUT2D eigenvalue weighted by molar-refractivity contribution is -0.135. The number of carbonyl (C=O) groups is 3. The highest BCUT2D eigenvalue weighted by Crippen LogP contribution is 2.52. The van der Waals surface area contributed by atoms with Gasteiger partial charge >= 0.3 is 5.97 Å². The van der Waals surface area contributed by atoms with Crippen LogP contribution >= 0.6 is 0 Å². The number of rotatable bonds is 5. The molecule has 2 bridgehead atoms. The number of ether oxygens (including phenoxy) is 1. The van der Waals surface area contributed by atoms with E-state index in [4.69, 9.17) is 4.74 Å². The molecule has 1 aliphatic carbocycles. The van der Waals surface area contributed by atoms with Crippen LogP contribution in [0.4, 0.5) is 0 Å². The topological polar surface area (TPSA) is 63.7 Å². The first-order valence-corrected chi connectivity index (χ1v) is 10.8. The molecule has 4 rings (SSSR count). The van der Waals surface area contributed by atoms with Crippen molar-refractivity contribution in [2.24, 2.45) is 10.8 Å². The van der Waals surface area contributed by atoms with E-state index in [1.165, 1.54) is 0 Å². The Kier molecular flexibility index (Phi) is 5.46. The Morgan fingerprint density at radius 1 is 0.935 bits per heavy atom. The molecule has 5 heteroatoms. The fraction of sp³-hybridized carbons (Fsp3) is 0.423. The van der Waals surface area contributed by atoms with E-state index < -0.39 is 5.97 Å². The molecule has 2 aromatic rings. The smallest absolute Gasteiger partial charge is 0.339 e. The predicted octanol–water partition coefficient (Wildman–Crippen LogP) is 4.50. The molecule has 1 heterocycles. The summed E-state index contributed by atoms with van der Waals surface area (Å²) < 4.78 is 5.38. The van der Waals surface area contributed by atoms with Gasteiger partial charge < -0.3 is 9.64 Å². The molecule has 0 N–H and O–H groups in total. The van der Waals surface area contributed by atoms with Gasteiger partial charge in [-0.1, -0.05) is 69.3 Å². The zero-order valence-electron chi connectivity index (χ0n) is 18.4. The van der Waals surface area contributed by atoms with E-state index in [2.05, 4.69) is 20.8 Å². The van der Waals surface area contributed by atoms with Crippen LogP contribution in [0.1, 0.15) is 66.3 Å². The molecule has 0 unspecified atom stereocenters. The molecule has 2 aliphatic rings. The van der Waals surface area contributed by atoms with Gasteiger partial charge in [0.2, 0.25) is 0 Å². The van der Waals surface area contributed by atoms with Crippen molar-refractivity contribution in [3.8, 4) is 0 Å². The van der Waals surface area contributed by atoms with E-state index in [0.717, 1.165) is 19.3 Å². The SMILES string of the molecule is CC1(C)C[C@@H]2C[C@](C)(CN2C(=O)COC(=O)c2ccccc2C(=O)c2ccccc2)C1. The van der Waals surface area contributed by atoms with Crippen molar-refractivity contribution >= 4 is 17.7 Å². The van der Waals surface area contributed by atoms with Crippen molar-refractivity contribution in [3.05, 3.63) is 71.3 Å². The van der Waals surface area contributed by atoms with Gasteiger partial charge in [0.05, 0.1) is 5.56 Å². The zero-order valence-corrected chi connectivity index (χ0v) is 18.4. The van der Waals surface area contributed by atoms with Crippen LogP contribution in [-0.2, 0) is 9.53 Å². The molecule has 1 aliphatic heterocycles. The summed E-state index contributed by atoms with van der Waals surface area (Å²) in [5, 5.41) is 0. The summed E-state index contributed by atoms with van der Waals surface area (Å²) >= 11 is 0. The van der Waals surface area contributed by atoms with E-state index in [1.54, 1.807) is 48.5 Å². The van der Waals surface area contributed by atoms with E-state index in [1.807, 2.05) is 11.0 Å². The number of hydrogen-bond acceptors (Lipinski definition) is 4. The van der Waals surface area contributed by atoms with Crippen molar-refractivity contribution in [2.45, 2.75) is 46.1 Å². The Hall–Kier alpha value is -2.95. The second kappa shape index (κ2) is 7.95. The third-order valence-corrected chi connectivity index (χ3v) is 6.49. The lowest BCUT2D eigenvalue weighted by atomic mass is 9.65. The van der Waals surface area contributed by atoms with Gasteiger partial charge in [-0.15, -0.1) is 0 Å². The van der Waals surface area contributed by atoms with Gasteiger partial charge in [0.25, 0.3) is 5.91 Å². The molecule has 162 valence electrons. The number of likely N-dealkylation sites (tertiary alicyclic amines) is 1. The van der Waals surface area contributed by atoms with Crippen molar-refractivity contribution in [3.63, 3.8) is 0 Å². The standard InChI is InChI=1S/C26H29NO4/c1-25(2)13-19-14-26(3,16-25)17-27(19)22(28)15-31-24(30)21-12-8-7-11-20(21)23(29)18-9-5-4-6-10-18/h4-12,19H,13-17H2,1-3H3/t19-,26+/m1/s1. The number of fused-ring (bicyclic) bond motifs is 2. The van der Waals surface area contributed by atoms with Gasteiger partial charge in [-0.05, 0) is 36.2 Å². The molecule has 0 radical (unpaired) electrons. The van der Waals surface area contributed by atoms with Crippen molar-refractivity contribution in [1.29, 1.82) is 0 Å². The van der Waals surface area contributed by atoms with Gasteiger partial charge in [0.15, 0.2) is 12.4 Å². The quantitative estimate of drug-likeness (QED) is 0.529. The summed E-state index contributed by atoms with van der Waals surface area (Å²) in [5.74, 6) is -1.06. The lowest BCUT2D eigenvalue weighted by Gasteiger charge is -2.39. The number of benzene rings is 2. The molecule has 1 amide bonds. The van der Waals surface area contributed by atoms with E-state index in [9.17, 15) is 14.4 Å². The summed E-state index contributed by atoms with van der Waals surface area (Å²) in [7, 11) is 0. The van der Waals surface area contributed by atoms with Gasteiger partial charge in [0.1, 0.15) is 0 Å². The molecule has 1 saturated carbocycles. The van der Waals surface area contributed by atoms with E-state index in [-0.39, 0.29) is 46.3 Å². The summed E-state index contributed by atoms with van der Waals surface area (Å²) in [6, 6.07) is 15.6. The van der Waals surface area contributed by atoms with Crippen LogP contribution in [0, 0.1) is 10.8 Å². The van der Waals surface area contributed by atoms with Gasteiger partial charge in [-0.3, -0.25) is 9.59 Å². The molecule has 2 aromatic carbocycles. The molecule has 31 heavy (non-hydrogen) atoms. The monoisotopic (exact) mass is 419 g/mol. The molecule has 2 fully saturated rings. The molecular weight excluding hydrogens is 390 g/mol. The van der Waals surface area contributed by atoms with Crippen LogP contribution < -0.4 is 0 Å².